The van der Waals surface area contributed by atoms with Gasteiger partial charge in [0.1, 0.15) is 18.5 Å². The first-order chi connectivity index (χ1) is 15.7. The van der Waals surface area contributed by atoms with Gasteiger partial charge >= 0.3 is 0 Å². The second-order valence-electron chi connectivity index (χ2n) is 8.15. The highest BCUT2D eigenvalue weighted by Crippen LogP contribution is 2.25. The molecule has 0 aliphatic carbocycles. The van der Waals surface area contributed by atoms with E-state index in [1.54, 1.807) is 0 Å². The Morgan fingerprint density at radius 2 is 1.66 bits per heavy atom. The number of ether oxygens (including phenoxy) is 1. The van der Waals surface area contributed by atoms with Gasteiger partial charge in [-0.25, -0.2) is 0 Å². The zero-order valence-electron chi connectivity index (χ0n) is 18.4. The minimum Gasteiger partial charge on any atom is -0.491 e. The molecule has 4 nitrogen and oxygen atoms in total. The van der Waals surface area contributed by atoms with Crippen molar-refractivity contribution in [1.82, 2.24) is 10.2 Å². The number of fused-ring (bicyclic) bond motifs is 1. The SMILES string of the molecule is CN(Cc1ccccc1)C[C@H](O)COc1ccc(CNCc2cc3ccccc3s2)cc1. The van der Waals surface area contributed by atoms with Crippen molar-refractivity contribution in [3.05, 3.63) is 101 Å². The van der Waals surface area contributed by atoms with Crippen molar-refractivity contribution in [2.24, 2.45) is 0 Å². The number of nitrogens with zero attached hydrogens (tertiary/aromatic N) is 1. The molecule has 0 saturated carbocycles. The molecule has 3 aromatic carbocycles. The van der Waals surface area contributed by atoms with Crippen LogP contribution in [-0.4, -0.2) is 36.3 Å². The van der Waals surface area contributed by atoms with Crippen LogP contribution in [0.5, 0.6) is 5.75 Å². The number of benzene rings is 3. The maximum absolute atomic E-state index is 10.3. The number of nitrogens with one attached hydrogen (secondary N) is 1. The molecule has 1 heterocycles. The van der Waals surface area contributed by atoms with E-state index in [1.807, 2.05) is 48.7 Å². The number of rotatable bonds is 11. The number of hydrogen-bond donors (Lipinski definition) is 2. The Balaban J connectivity index is 1.17. The third kappa shape index (κ3) is 6.65. The molecule has 0 spiro atoms. The summed E-state index contributed by atoms with van der Waals surface area (Å²) in [5.74, 6) is 0.781. The van der Waals surface area contributed by atoms with E-state index in [9.17, 15) is 5.11 Å². The van der Waals surface area contributed by atoms with Crippen LogP contribution in [0.2, 0.25) is 0 Å². The summed E-state index contributed by atoms with van der Waals surface area (Å²) in [6.45, 7) is 3.32. The Morgan fingerprint density at radius 1 is 0.906 bits per heavy atom. The molecule has 4 aromatic rings. The molecule has 166 valence electrons. The molecular formula is C27H30N2O2S. The van der Waals surface area contributed by atoms with Gasteiger partial charge in [0, 0.05) is 35.8 Å². The van der Waals surface area contributed by atoms with Gasteiger partial charge < -0.3 is 15.2 Å². The molecule has 0 saturated heterocycles. The molecule has 4 rings (SSSR count). The van der Waals surface area contributed by atoms with Crippen LogP contribution in [0.15, 0.2) is 84.9 Å². The lowest BCUT2D eigenvalue weighted by Crippen LogP contribution is -2.32. The molecule has 0 amide bonds. The van der Waals surface area contributed by atoms with Crippen molar-refractivity contribution in [3.8, 4) is 5.75 Å². The van der Waals surface area contributed by atoms with Crippen molar-refractivity contribution in [2.45, 2.75) is 25.7 Å². The van der Waals surface area contributed by atoms with E-state index in [0.29, 0.717) is 6.54 Å². The van der Waals surface area contributed by atoms with E-state index in [-0.39, 0.29) is 6.61 Å². The standard InChI is InChI=1S/C27H30N2O2S/c1-29(18-22-7-3-2-4-8-22)19-24(30)20-31-25-13-11-21(12-14-25)16-28-17-26-15-23-9-5-6-10-27(23)32-26/h2-15,24,28,30H,16-20H2,1H3/t24-/m0/s1. The van der Waals surface area contributed by atoms with Gasteiger partial charge in [0.15, 0.2) is 0 Å². The smallest absolute Gasteiger partial charge is 0.119 e. The zero-order chi connectivity index (χ0) is 22.2. The van der Waals surface area contributed by atoms with Gasteiger partial charge in [-0.2, -0.15) is 0 Å². The van der Waals surface area contributed by atoms with Gasteiger partial charge in [-0.3, -0.25) is 4.90 Å². The van der Waals surface area contributed by atoms with E-state index in [0.717, 1.165) is 25.4 Å². The van der Waals surface area contributed by atoms with Gasteiger partial charge in [-0.05, 0) is 47.8 Å². The second-order valence-corrected chi connectivity index (χ2v) is 9.31. The molecule has 1 atom stereocenters. The second kappa shape index (κ2) is 11.2. The maximum atomic E-state index is 10.3. The van der Waals surface area contributed by atoms with Crippen molar-refractivity contribution < 1.29 is 9.84 Å². The molecule has 0 radical (unpaired) electrons. The fourth-order valence-electron chi connectivity index (χ4n) is 3.72. The summed E-state index contributed by atoms with van der Waals surface area (Å²) in [5, 5.41) is 15.1. The van der Waals surface area contributed by atoms with Gasteiger partial charge in [-0.15, -0.1) is 11.3 Å². The molecule has 0 aliphatic rings. The van der Waals surface area contributed by atoms with Crippen LogP contribution in [0.25, 0.3) is 10.1 Å². The third-order valence-electron chi connectivity index (χ3n) is 5.29. The van der Waals surface area contributed by atoms with Crippen molar-refractivity contribution in [1.29, 1.82) is 0 Å². The van der Waals surface area contributed by atoms with E-state index in [2.05, 4.69) is 64.8 Å². The number of likely N-dealkylation sites (N-methyl/N-ethyl adjacent to an activating group) is 1. The minimum atomic E-state index is -0.536. The lowest BCUT2D eigenvalue weighted by Gasteiger charge is -2.21. The Kier molecular flexibility index (Phi) is 7.91. The van der Waals surface area contributed by atoms with Gasteiger partial charge in [-0.1, -0.05) is 60.7 Å². The lowest BCUT2D eigenvalue weighted by atomic mass is 10.2. The van der Waals surface area contributed by atoms with Crippen LogP contribution >= 0.6 is 11.3 Å². The van der Waals surface area contributed by atoms with E-state index >= 15 is 0 Å². The minimum absolute atomic E-state index is 0.280. The van der Waals surface area contributed by atoms with Crippen molar-refractivity contribution in [2.75, 3.05) is 20.2 Å². The van der Waals surface area contributed by atoms with Gasteiger partial charge in [0.05, 0.1) is 0 Å². The van der Waals surface area contributed by atoms with E-state index in [1.165, 1.54) is 26.1 Å². The Bertz CT molecular complexity index is 1060. The number of aliphatic hydroxyl groups excluding tert-OH is 1. The Morgan fingerprint density at radius 3 is 2.44 bits per heavy atom. The summed E-state index contributed by atoms with van der Waals surface area (Å²) >= 11 is 1.84. The predicted molar refractivity (Wildman–Crippen MR) is 133 cm³/mol. The fourth-order valence-corrected chi connectivity index (χ4v) is 4.76. The maximum Gasteiger partial charge on any atom is 0.119 e. The van der Waals surface area contributed by atoms with Crippen LogP contribution in [0.3, 0.4) is 0 Å². The predicted octanol–water partition coefficient (Wildman–Crippen LogP) is 5.06. The topological polar surface area (TPSA) is 44.7 Å². The highest BCUT2D eigenvalue weighted by atomic mass is 32.1. The van der Waals surface area contributed by atoms with Gasteiger partial charge in [0.2, 0.25) is 0 Å². The first-order valence-electron chi connectivity index (χ1n) is 11.0. The molecule has 2 N–H and O–H groups in total. The molecular weight excluding hydrogens is 416 g/mol. The number of hydrogen-bond acceptors (Lipinski definition) is 5. The summed E-state index contributed by atoms with van der Waals surface area (Å²) in [5.41, 5.74) is 2.45. The molecule has 0 unspecified atom stereocenters. The normalized spacial score (nSPS) is 12.3. The Hall–Kier alpha value is -2.70. The molecule has 0 fully saturated rings. The average molecular weight is 447 g/mol. The highest BCUT2D eigenvalue weighted by molar-refractivity contribution is 7.19. The quantitative estimate of drug-likeness (QED) is 0.338. The fraction of sp³-hybridized carbons (Fsp3) is 0.259. The van der Waals surface area contributed by atoms with Crippen LogP contribution < -0.4 is 10.1 Å². The van der Waals surface area contributed by atoms with E-state index < -0.39 is 6.10 Å². The van der Waals surface area contributed by atoms with Crippen LogP contribution in [0.4, 0.5) is 0 Å². The molecule has 5 heteroatoms. The number of aliphatic hydroxyl groups is 1. The summed E-state index contributed by atoms with van der Waals surface area (Å²) < 4.78 is 7.12. The highest BCUT2D eigenvalue weighted by Gasteiger charge is 2.10. The van der Waals surface area contributed by atoms with E-state index in [4.69, 9.17) is 4.74 Å². The van der Waals surface area contributed by atoms with Crippen LogP contribution in [-0.2, 0) is 19.6 Å². The summed E-state index contributed by atoms with van der Waals surface area (Å²) in [6.07, 6.45) is -0.536. The molecule has 0 bridgehead atoms. The van der Waals surface area contributed by atoms with Crippen molar-refractivity contribution in [3.63, 3.8) is 0 Å². The largest absolute Gasteiger partial charge is 0.491 e. The molecule has 1 aromatic heterocycles. The average Bonchev–Trinajstić information content (AvgIpc) is 3.22. The summed E-state index contributed by atoms with van der Waals surface area (Å²) in [7, 11) is 2.01. The monoisotopic (exact) mass is 446 g/mol. The molecule has 0 aliphatic heterocycles. The van der Waals surface area contributed by atoms with Crippen molar-refractivity contribution >= 4 is 21.4 Å². The van der Waals surface area contributed by atoms with Crippen LogP contribution in [0, 0.1) is 0 Å². The summed E-state index contributed by atoms with van der Waals surface area (Å²) in [6, 6.07) is 29.1. The van der Waals surface area contributed by atoms with Gasteiger partial charge in [0.25, 0.3) is 0 Å². The first-order valence-corrected chi connectivity index (χ1v) is 11.8. The lowest BCUT2D eigenvalue weighted by molar-refractivity contribution is 0.0744. The number of thiophene rings is 1. The first kappa shape index (κ1) is 22.5. The summed E-state index contributed by atoms with van der Waals surface area (Å²) in [4.78, 5) is 3.45. The van der Waals surface area contributed by atoms with Crippen LogP contribution in [0.1, 0.15) is 16.0 Å². The Labute approximate surface area is 194 Å². The molecule has 32 heavy (non-hydrogen) atoms. The zero-order valence-corrected chi connectivity index (χ0v) is 19.2. The third-order valence-corrected chi connectivity index (χ3v) is 6.40.